The zero-order valence-electron chi connectivity index (χ0n) is 15.6. The summed E-state index contributed by atoms with van der Waals surface area (Å²) in [5, 5.41) is 6.46. The number of rotatable bonds is 3. The van der Waals surface area contributed by atoms with Gasteiger partial charge in [-0.1, -0.05) is 29.8 Å². The van der Waals surface area contributed by atoms with Gasteiger partial charge < -0.3 is 15.4 Å². The lowest BCUT2D eigenvalue weighted by Crippen LogP contribution is -2.23. The molecule has 1 amide bonds. The maximum Gasteiger partial charge on any atom is 0.261 e. The molecule has 5 heteroatoms. The number of hydrogen-bond acceptors (Lipinski definition) is 4. The Bertz CT molecular complexity index is 724. The summed E-state index contributed by atoms with van der Waals surface area (Å²) >= 11 is 1.63. The molecule has 2 aromatic rings. The third-order valence-corrected chi connectivity index (χ3v) is 5.88. The summed E-state index contributed by atoms with van der Waals surface area (Å²) in [5.41, 5.74) is 3.62. The standard InChI is InChI=1S/C21H28N2O2S/c1-15-5-7-17(8-6-15)14-23-21(24)20-13-18-12-16(2)25-11-10-22-9-3-4-19(18)26-20/h5-8,13,16,22H,3-4,9-12,14H2,1-2H3,(H,23,24)/t16-/m1/s1. The van der Waals surface area contributed by atoms with Gasteiger partial charge >= 0.3 is 0 Å². The second-order valence-corrected chi connectivity index (χ2v) is 8.10. The van der Waals surface area contributed by atoms with Gasteiger partial charge in [0.2, 0.25) is 0 Å². The molecule has 3 rings (SSSR count). The van der Waals surface area contributed by atoms with E-state index in [2.05, 4.69) is 54.8 Å². The molecular formula is C21H28N2O2S. The van der Waals surface area contributed by atoms with Crippen LogP contribution in [0.2, 0.25) is 0 Å². The Morgan fingerprint density at radius 2 is 2.12 bits per heavy atom. The number of amides is 1. The molecule has 1 aromatic carbocycles. The van der Waals surface area contributed by atoms with Gasteiger partial charge in [-0.05, 0) is 56.8 Å². The number of aryl methyl sites for hydroxylation is 2. The second kappa shape index (κ2) is 9.31. The van der Waals surface area contributed by atoms with Gasteiger partial charge in [-0.3, -0.25) is 4.79 Å². The van der Waals surface area contributed by atoms with Crippen molar-refractivity contribution >= 4 is 17.2 Å². The van der Waals surface area contributed by atoms with Crippen LogP contribution in [0, 0.1) is 6.92 Å². The van der Waals surface area contributed by atoms with Crippen molar-refractivity contribution in [3.63, 3.8) is 0 Å². The number of carbonyl (C=O) groups is 1. The molecule has 0 saturated carbocycles. The van der Waals surface area contributed by atoms with E-state index < -0.39 is 0 Å². The van der Waals surface area contributed by atoms with Gasteiger partial charge in [0.25, 0.3) is 5.91 Å². The molecule has 0 bridgehead atoms. The summed E-state index contributed by atoms with van der Waals surface area (Å²) in [6.45, 7) is 7.37. The van der Waals surface area contributed by atoms with Gasteiger partial charge in [0.05, 0.1) is 17.6 Å². The Balaban J connectivity index is 1.66. The highest BCUT2D eigenvalue weighted by Crippen LogP contribution is 2.26. The number of ether oxygens (including phenoxy) is 1. The highest BCUT2D eigenvalue weighted by molar-refractivity contribution is 7.14. The molecule has 1 aromatic heterocycles. The van der Waals surface area contributed by atoms with Gasteiger partial charge in [-0.2, -0.15) is 0 Å². The third kappa shape index (κ3) is 5.40. The highest BCUT2D eigenvalue weighted by atomic mass is 32.1. The Hall–Kier alpha value is -1.69. The van der Waals surface area contributed by atoms with Crippen LogP contribution in [0.4, 0.5) is 0 Å². The first-order chi connectivity index (χ1) is 12.6. The van der Waals surface area contributed by atoms with Gasteiger partial charge in [-0.15, -0.1) is 11.3 Å². The van der Waals surface area contributed by atoms with Crippen LogP contribution in [-0.4, -0.2) is 31.7 Å². The molecule has 0 saturated heterocycles. The summed E-state index contributed by atoms with van der Waals surface area (Å²) in [6.07, 6.45) is 3.15. The molecule has 0 aliphatic carbocycles. The molecule has 2 heterocycles. The van der Waals surface area contributed by atoms with Crippen LogP contribution in [0.1, 0.15) is 44.6 Å². The number of nitrogens with one attached hydrogen (secondary N) is 2. The molecule has 2 N–H and O–H groups in total. The summed E-state index contributed by atoms with van der Waals surface area (Å²) in [7, 11) is 0. The SMILES string of the molecule is Cc1ccc(CNC(=O)c2cc3c(s2)CCCNCCO[C@H](C)C3)cc1. The van der Waals surface area contributed by atoms with Crippen molar-refractivity contribution in [1.82, 2.24) is 10.6 Å². The normalized spacial score (nSPS) is 18.6. The van der Waals surface area contributed by atoms with Crippen molar-refractivity contribution in [3.05, 3.63) is 56.8 Å². The maximum absolute atomic E-state index is 12.6. The Kier molecular flexibility index (Phi) is 6.83. The van der Waals surface area contributed by atoms with Crippen molar-refractivity contribution in [1.29, 1.82) is 0 Å². The van der Waals surface area contributed by atoms with E-state index in [-0.39, 0.29) is 12.0 Å². The summed E-state index contributed by atoms with van der Waals surface area (Å²) in [6, 6.07) is 10.3. The zero-order chi connectivity index (χ0) is 18.4. The van der Waals surface area contributed by atoms with Crippen molar-refractivity contribution in [2.24, 2.45) is 0 Å². The van der Waals surface area contributed by atoms with E-state index in [0.717, 1.165) is 49.4 Å². The van der Waals surface area contributed by atoms with Crippen LogP contribution < -0.4 is 10.6 Å². The first kappa shape index (κ1) is 19.1. The van der Waals surface area contributed by atoms with Crippen molar-refractivity contribution < 1.29 is 9.53 Å². The molecule has 1 aliphatic rings. The molecule has 0 radical (unpaired) electrons. The lowest BCUT2D eigenvalue weighted by molar-refractivity contribution is 0.0687. The monoisotopic (exact) mass is 372 g/mol. The van der Waals surface area contributed by atoms with Crippen LogP contribution in [0.25, 0.3) is 0 Å². The minimum absolute atomic E-state index is 0.0156. The molecule has 1 aliphatic heterocycles. The van der Waals surface area contributed by atoms with E-state index in [1.165, 1.54) is 16.0 Å². The predicted octanol–water partition coefficient (Wildman–Crippen LogP) is 3.47. The number of fused-ring (bicyclic) bond motifs is 1. The second-order valence-electron chi connectivity index (χ2n) is 6.97. The molecular weight excluding hydrogens is 344 g/mol. The number of thiophene rings is 1. The summed E-state index contributed by atoms with van der Waals surface area (Å²) in [5.74, 6) is 0.0156. The van der Waals surface area contributed by atoms with E-state index in [0.29, 0.717) is 6.54 Å². The molecule has 0 fully saturated rings. The Labute approximate surface area is 160 Å². The summed E-state index contributed by atoms with van der Waals surface area (Å²) in [4.78, 5) is 14.7. The van der Waals surface area contributed by atoms with Gasteiger partial charge in [-0.25, -0.2) is 0 Å². The van der Waals surface area contributed by atoms with Crippen molar-refractivity contribution in [2.75, 3.05) is 19.7 Å². The number of benzene rings is 1. The molecule has 4 nitrogen and oxygen atoms in total. The van der Waals surface area contributed by atoms with Crippen LogP contribution in [-0.2, 0) is 24.1 Å². The Morgan fingerprint density at radius 1 is 1.31 bits per heavy atom. The number of carbonyl (C=O) groups excluding carboxylic acids is 1. The first-order valence-electron chi connectivity index (χ1n) is 9.39. The quantitative estimate of drug-likeness (QED) is 0.867. The average molecular weight is 373 g/mol. The molecule has 140 valence electrons. The van der Waals surface area contributed by atoms with Crippen LogP contribution in [0.5, 0.6) is 0 Å². The fourth-order valence-corrected chi connectivity index (χ4v) is 4.29. The number of hydrogen-bond donors (Lipinski definition) is 2. The van der Waals surface area contributed by atoms with Gasteiger partial charge in [0.1, 0.15) is 0 Å². The lowest BCUT2D eigenvalue weighted by atomic mass is 10.1. The van der Waals surface area contributed by atoms with E-state index in [1.54, 1.807) is 11.3 Å². The summed E-state index contributed by atoms with van der Waals surface area (Å²) < 4.78 is 5.86. The largest absolute Gasteiger partial charge is 0.377 e. The van der Waals surface area contributed by atoms with Crippen molar-refractivity contribution in [3.8, 4) is 0 Å². The van der Waals surface area contributed by atoms with Crippen LogP contribution in [0.15, 0.2) is 30.3 Å². The molecule has 0 unspecified atom stereocenters. The fourth-order valence-electron chi connectivity index (χ4n) is 3.14. The first-order valence-corrected chi connectivity index (χ1v) is 10.2. The molecule has 1 atom stereocenters. The average Bonchev–Trinajstić information content (AvgIpc) is 3.01. The Morgan fingerprint density at radius 3 is 2.92 bits per heavy atom. The minimum Gasteiger partial charge on any atom is -0.377 e. The van der Waals surface area contributed by atoms with Crippen molar-refractivity contribution in [2.45, 2.75) is 45.8 Å². The van der Waals surface area contributed by atoms with E-state index in [1.807, 2.05) is 0 Å². The van der Waals surface area contributed by atoms with Gasteiger partial charge in [0, 0.05) is 18.0 Å². The minimum atomic E-state index is 0.0156. The fraction of sp³-hybridized carbons (Fsp3) is 0.476. The highest BCUT2D eigenvalue weighted by Gasteiger charge is 2.17. The third-order valence-electron chi connectivity index (χ3n) is 4.64. The lowest BCUT2D eigenvalue weighted by Gasteiger charge is -2.12. The van der Waals surface area contributed by atoms with Crippen LogP contribution in [0.3, 0.4) is 0 Å². The predicted molar refractivity (Wildman–Crippen MR) is 107 cm³/mol. The topological polar surface area (TPSA) is 50.4 Å². The molecule has 0 spiro atoms. The molecule has 26 heavy (non-hydrogen) atoms. The zero-order valence-corrected chi connectivity index (χ0v) is 16.5. The van der Waals surface area contributed by atoms with E-state index in [9.17, 15) is 4.79 Å². The van der Waals surface area contributed by atoms with Gasteiger partial charge in [0.15, 0.2) is 0 Å². The smallest absolute Gasteiger partial charge is 0.261 e. The maximum atomic E-state index is 12.6. The van der Waals surface area contributed by atoms with E-state index in [4.69, 9.17) is 4.74 Å². The van der Waals surface area contributed by atoms with Crippen LogP contribution >= 0.6 is 11.3 Å². The van der Waals surface area contributed by atoms with E-state index >= 15 is 0 Å².